The van der Waals surface area contributed by atoms with Crippen molar-refractivity contribution in [3.63, 3.8) is 0 Å². The molecule has 1 aliphatic rings. The minimum Gasteiger partial charge on any atom is -0.299 e. The van der Waals surface area contributed by atoms with E-state index in [0.29, 0.717) is 6.04 Å². The lowest BCUT2D eigenvalue weighted by Crippen LogP contribution is -2.23. The molecule has 0 bridgehead atoms. The van der Waals surface area contributed by atoms with Gasteiger partial charge >= 0.3 is 5.69 Å². The molecule has 0 amide bonds. The Labute approximate surface area is 89.1 Å². The third-order valence-corrected chi connectivity index (χ3v) is 2.94. The topological polar surface area (TPSA) is 26.9 Å². The molecule has 4 heteroatoms. The van der Waals surface area contributed by atoms with Gasteiger partial charge in [0.25, 0.3) is 0 Å². The third kappa shape index (κ3) is 2.05. The molecule has 0 aliphatic heterocycles. The number of imidazole rings is 1. The molecule has 14 heavy (non-hydrogen) atoms. The lowest BCUT2D eigenvalue weighted by Gasteiger charge is -1.99. The molecule has 0 radical (unpaired) electrons. The Bertz CT molecular complexity index is 351. The van der Waals surface area contributed by atoms with Gasteiger partial charge in [-0.2, -0.15) is 12.6 Å². The summed E-state index contributed by atoms with van der Waals surface area (Å²) in [5.74, 6) is 0.901. The van der Waals surface area contributed by atoms with Crippen LogP contribution in [0.2, 0.25) is 0 Å². The summed E-state index contributed by atoms with van der Waals surface area (Å²) in [6, 6.07) is 0.494. The molecule has 0 N–H and O–H groups in total. The van der Waals surface area contributed by atoms with Gasteiger partial charge in [-0.3, -0.25) is 9.13 Å². The van der Waals surface area contributed by atoms with Crippen LogP contribution in [0.3, 0.4) is 0 Å². The smallest absolute Gasteiger partial charge is 0.299 e. The van der Waals surface area contributed by atoms with E-state index in [0.717, 1.165) is 25.1 Å². The maximum Gasteiger partial charge on any atom is 0.328 e. The second kappa shape index (κ2) is 4.26. The first-order chi connectivity index (χ1) is 6.83. The molecule has 78 valence electrons. The second-order valence-corrected chi connectivity index (χ2v) is 4.29. The van der Waals surface area contributed by atoms with Crippen molar-refractivity contribution in [2.24, 2.45) is 0 Å². The number of thiol groups is 1. The van der Waals surface area contributed by atoms with Gasteiger partial charge in [0.2, 0.25) is 0 Å². The fourth-order valence-corrected chi connectivity index (χ4v) is 1.85. The SMILES string of the molecule is O=c1n(CCCCS)ccn1C1CC1. The fourth-order valence-electron chi connectivity index (χ4n) is 1.62. The Morgan fingerprint density at radius 1 is 1.36 bits per heavy atom. The zero-order valence-electron chi connectivity index (χ0n) is 8.22. The van der Waals surface area contributed by atoms with Gasteiger partial charge in [-0.05, 0) is 31.4 Å². The van der Waals surface area contributed by atoms with Crippen molar-refractivity contribution >= 4 is 12.6 Å². The summed E-state index contributed by atoms with van der Waals surface area (Å²) in [6.07, 6.45) is 8.27. The predicted octanol–water partition coefficient (Wildman–Crippen LogP) is 1.69. The van der Waals surface area contributed by atoms with Crippen LogP contribution in [-0.2, 0) is 6.54 Å². The van der Waals surface area contributed by atoms with Crippen LogP contribution in [0.5, 0.6) is 0 Å². The number of aryl methyl sites for hydroxylation is 1. The summed E-state index contributed by atoms with van der Waals surface area (Å²) in [5, 5.41) is 0. The van der Waals surface area contributed by atoms with Crippen LogP contribution in [-0.4, -0.2) is 14.9 Å². The Morgan fingerprint density at radius 2 is 2.14 bits per heavy atom. The van der Waals surface area contributed by atoms with E-state index < -0.39 is 0 Å². The average molecular weight is 212 g/mol. The van der Waals surface area contributed by atoms with E-state index in [2.05, 4.69) is 12.6 Å². The van der Waals surface area contributed by atoms with Crippen molar-refractivity contribution in [2.45, 2.75) is 38.3 Å². The van der Waals surface area contributed by atoms with Gasteiger partial charge in [-0.15, -0.1) is 0 Å². The van der Waals surface area contributed by atoms with Gasteiger partial charge in [0, 0.05) is 25.0 Å². The molecule has 1 fully saturated rings. The zero-order valence-corrected chi connectivity index (χ0v) is 9.12. The molecule has 0 aromatic carbocycles. The van der Waals surface area contributed by atoms with Gasteiger partial charge in [-0.1, -0.05) is 0 Å². The lowest BCUT2D eigenvalue weighted by molar-refractivity contribution is 0.588. The Kier molecular flexibility index (Phi) is 3.01. The van der Waals surface area contributed by atoms with Crippen LogP contribution in [0.1, 0.15) is 31.7 Å². The number of hydrogen-bond donors (Lipinski definition) is 1. The van der Waals surface area contributed by atoms with E-state index in [1.807, 2.05) is 21.5 Å². The minimum atomic E-state index is 0.159. The first-order valence-electron chi connectivity index (χ1n) is 5.21. The number of nitrogens with zero attached hydrogens (tertiary/aromatic N) is 2. The monoisotopic (exact) mass is 212 g/mol. The summed E-state index contributed by atoms with van der Waals surface area (Å²) in [4.78, 5) is 11.8. The molecular weight excluding hydrogens is 196 g/mol. The molecule has 2 rings (SSSR count). The largest absolute Gasteiger partial charge is 0.328 e. The highest BCUT2D eigenvalue weighted by Gasteiger charge is 2.25. The van der Waals surface area contributed by atoms with Crippen molar-refractivity contribution in [2.75, 3.05) is 5.75 Å². The maximum atomic E-state index is 11.8. The molecular formula is C10H16N2OS. The Balaban J connectivity index is 2.00. The molecule has 0 atom stereocenters. The van der Waals surface area contributed by atoms with Crippen LogP contribution >= 0.6 is 12.6 Å². The molecule has 1 heterocycles. The van der Waals surface area contributed by atoms with E-state index in [1.54, 1.807) is 0 Å². The highest BCUT2D eigenvalue weighted by molar-refractivity contribution is 7.80. The molecule has 1 aromatic heterocycles. The molecule has 1 aliphatic carbocycles. The lowest BCUT2D eigenvalue weighted by atomic mass is 10.3. The normalized spacial score (nSPS) is 16.1. The van der Waals surface area contributed by atoms with Gasteiger partial charge < -0.3 is 0 Å². The van der Waals surface area contributed by atoms with Crippen molar-refractivity contribution < 1.29 is 0 Å². The third-order valence-electron chi connectivity index (χ3n) is 2.62. The highest BCUT2D eigenvalue weighted by Crippen LogP contribution is 2.33. The van der Waals surface area contributed by atoms with E-state index in [1.165, 1.54) is 12.8 Å². The molecule has 1 aromatic rings. The summed E-state index contributed by atoms with van der Waals surface area (Å²) >= 11 is 4.15. The van der Waals surface area contributed by atoms with E-state index in [-0.39, 0.29) is 5.69 Å². The predicted molar refractivity (Wildman–Crippen MR) is 60.1 cm³/mol. The van der Waals surface area contributed by atoms with E-state index >= 15 is 0 Å². The van der Waals surface area contributed by atoms with Crippen LogP contribution in [0, 0.1) is 0 Å². The van der Waals surface area contributed by atoms with Gasteiger partial charge in [0.15, 0.2) is 0 Å². The summed E-state index contributed by atoms with van der Waals surface area (Å²) < 4.78 is 3.67. The number of rotatable bonds is 5. The maximum absolute atomic E-state index is 11.8. The first kappa shape index (κ1) is 9.90. The van der Waals surface area contributed by atoms with Crippen LogP contribution < -0.4 is 5.69 Å². The standard InChI is InChI=1S/C10H16N2OS/c13-10-11(5-1-2-8-14)6-7-12(10)9-3-4-9/h6-7,9,14H,1-5,8H2. The molecule has 0 saturated heterocycles. The second-order valence-electron chi connectivity index (χ2n) is 3.84. The molecule has 0 spiro atoms. The van der Waals surface area contributed by atoms with Crippen molar-refractivity contribution in [3.05, 3.63) is 22.9 Å². The summed E-state index contributed by atoms with van der Waals surface area (Å²) in [7, 11) is 0. The van der Waals surface area contributed by atoms with E-state index in [4.69, 9.17) is 0 Å². The first-order valence-corrected chi connectivity index (χ1v) is 5.84. The fraction of sp³-hybridized carbons (Fsp3) is 0.700. The number of unbranched alkanes of at least 4 members (excludes halogenated alkanes) is 1. The van der Waals surface area contributed by atoms with Crippen molar-refractivity contribution in [3.8, 4) is 0 Å². The van der Waals surface area contributed by atoms with Gasteiger partial charge in [0.1, 0.15) is 0 Å². The molecule has 1 saturated carbocycles. The van der Waals surface area contributed by atoms with Crippen LogP contribution in [0.25, 0.3) is 0 Å². The van der Waals surface area contributed by atoms with Crippen LogP contribution in [0.15, 0.2) is 17.2 Å². The zero-order chi connectivity index (χ0) is 9.97. The highest BCUT2D eigenvalue weighted by atomic mass is 32.1. The number of hydrogen-bond acceptors (Lipinski definition) is 2. The Hall–Kier alpha value is -0.640. The summed E-state index contributed by atoms with van der Waals surface area (Å²) in [6.45, 7) is 0.832. The van der Waals surface area contributed by atoms with E-state index in [9.17, 15) is 4.79 Å². The average Bonchev–Trinajstić information content (AvgIpc) is 2.95. The number of aromatic nitrogens is 2. The van der Waals surface area contributed by atoms with Gasteiger partial charge in [0.05, 0.1) is 0 Å². The van der Waals surface area contributed by atoms with Crippen molar-refractivity contribution in [1.82, 2.24) is 9.13 Å². The summed E-state index contributed by atoms with van der Waals surface area (Å²) in [5.41, 5.74) is 0.159. The minimum absolute atomic E-state index is 0.159. The quantitative estimate of drug-likeness (QED) is 0.583. The van der Waals surface area contributed by atoms with Crippen molar-refractivity contribution in [1.29, 1.82) is 0 Å². The molecule has 0 unspecified atom stereocenters. The van der Waals surface area contributed by atoms with Crippen LogP contribution in [0.4, 0.5) is 0 Å². The Morgan fingerprint density at radius 3 is 2.79 bits per heavy atom. The molecule has 3 nitrogen and oxygen atoms in total. The van der Waals surface area contributed by atoms with Gasteiger partial charge in [-0.25, -0.2) is 4.79 Å².